The van der Waals surface area contributed by atoms with Gasteiger partial charge in [-0.25, -0.2) is 9.18 Å². The van der Waals surface area contributed by atoms with Gasteiger partial charge in [-0.15, -0.1) is 0 Å². The van der Waals surface area contributed by atoms with Crippen molar-refractivity contribution in [2.24, 2.45) is 0 Å². The van der Waals surface area contributed by atoms with Crippen molar-refractivity contribution in [3.05, 3.63) is 69.8 Å². The van der Waals surface area contributed by atoms with E-state index in [-0.39, 0.29) is 11.1 Å². The molecule has 1 amide bonds. The first kappa shape index (κ1) is 16.7. The van der Waals surface area contributed by atoms with Crippen molar-refractivity contribution >= 4 is 22.6 Å². The lowest BCUT2D eigenvalue weighted by Gasteiger charge is -2.10. The molecule has 0 aliphatic rings. The monoisotopic (exact) mass is 341 g/mol. The van der Waals surface area contributed by atoms with Crippen LogP contribution >= 0.6 is 0 Å². The van der Waals surface area contributed by atoms with E-state index in [0.29, 0.717) is 29.0 Å². The van der Waals surface area contributed by atoms with E-state index in [9.17, 15) is 14.0 Å². The summed E-state index contributed by atoms with van der Waals surface area (Å²) in [6, 6.07) is 10.1. The van der Waals surface area contributed by atoms with Gasteiger partial charge >= 0.3 is 5.63 Å². The fourth-order valence-corrected chi connectivity index (χ4v) is 2.51. The Labute approximate surface area is 143 Å². The van der Waals surface area contributed by atoms with Crippen LogP contribution < -0.4 is 15.7 Å². The summed E-state index contributed by atoms with van der Waals surface area (Å²) in [7, 11) is 0. The highest BCUT2D eigenvalue weighted by Gasteiger charge is 2.15. The first-order chi connectivity index (χ1) is 12.0. The number of ether oxygens (including phenoxy) is 1. The lowest BCUT2D eigenvalue weighted by molar-refractivity contribution is 0.102. The largest absolute Gasteiger partial charge is 0.494 e. The molecule has 1 heterocycles. The first-order valence-corrected chi connectivity index (χ1v) is 7.76. The molecule has 1 N–H and O–H groups in total. The topological polar surface area (TPSA) is 68.5 Å². The molecule has 0 fully saturated rings. The molecule has 2 aromatic carbocycles. The fraction of sp³-hybridized carbons (Fsp3) is 0.158. The van der Waals surface area contributed by atoms with Crippen LogP contribution in [0.15, 0.2) is 51.7 Å². The molecule has 5 nitrogen and oxygen atoms in total. The SMILES string of the molecule is CCOc1ccc2c(C(=O)Nc3cc(F)ccc3C)cc(=O)oc2c1. The number of aryl methyl sites for hydroxylation is 1. The zero-order chi connectivity index (χ0) is 18.0. The zero-order valence-corrected chi connectivity index (χ0v) is 13.8. The molecule has 0 saturated heterocycles. The van der Waals surface area contributed by atoms with Crippen LogP contribution in [0.5, 0.6) is 5.75 Å². The zero-order valence-electron chi connectivity index (χ0n) is 13.8. The van der Waals surface area contributed by atoms with E-state index in [0.717, 1.165) is 6.07 Å². The van der Waals surface area contributed by atoms with E-state index < -0.39 is 17.3 Å². The number of hydrogen-bond acceptors (Lipinski definition) is 4. The summed E-state index contributed by atoms with van der Waals surface area (Å²) in [5, 5.41) is 3.10. The van der Waals surface area contributed by atoms with Gasteiger partial charge in [0.05, 0.1) is 12.2 Å². The van der Waals surface area contributed by atoms with Crippen molar-refractivity contribution < 1.29 is 18.3 Å². The minimum atomic E-state index is -0.651. The van der Waals surface area contributed by atoms with Crippen LogP contribution in [0.4, 0.5) is 10.1 Å². The lowest BCUT2D eigenvalue weighted by atomic mass is 10.1. The van der Waals surface area contributed by atoms with Crippen molar-refractivity contribution in [1.82, 2.24) is 0 Å². The predicted molar refractivity (Wildman–Crippen MR) is 92.7 cm³/mol. The molecule has 0 aliphatic carbocycles. The van der Waals surface area contributed by atoms with Crippen LogP contribution in [0.2, 0.25) is 0 Å². The van der Waals surface area contributed by atoms with E-state index in [1.807, 2.05) is 6.92 Å². The molecule has 3 aromatic rings. The number of carbonyl (C=O) groups is 1. The van der Waals surface area contributed by atoms with Crippen molar-refractivity contribution in [3.63, 3.8) is 0 Å². The molecule has 0 aliphatic heterocycles. The van der Waals surface area contributed by atoms with Gasteiger partial charge in [-0.1, -0.05) is 6.07 Å². The highest BCUT2D eigenvalue weighted by Crippen LogP contribution is 2.24. The van der Waals surface area contributed by atoms with Crippen molar-refractivity contribution in [1.29, 1.82) is 0 Å². The number of fused-ring (bicyclic) bond motifs is 1. The molecule has 0 bridgehead atoms. The maximum absolute atomic E-state index is 13.4. The third-order valence-corrected chi connectivity index (χ3v) is 3.72. The maximum atomic E-state index is 13.4. The molecule has 0 radical (unpaired) electrons. The van der Waals surface area contributed by atoms with Gasteiger partial charge in [0.1, 0.15) is 17.1 Å². The number of rotatable bonds is 4. The van der Waals surface area contributed by atoms with Gasteiger partial charge in [-0.2, -0.15) is 0 Å². The van der Waals surface area contributed by atoms with Crippen molar-refractivity contribution in [2.75, 3.05) is 11.9 Å². The minimum absolute atomic E-state index is 0.151. The molecule has 0 saturated carbocycles. The second-order valence-corrected chi connectivity index (χ2v) is 5.48. The lowest BCUT2D eigenvalue weighted by Crippen LogP contribution is -2.16. The van der Waals surface area contributed by atoms with Gasteiger partial charge < -0.3 is 14.5 Å². The average Bonchev–Trinajstić information content (AvgIpc) is 2.57. The predicted octanol–water partition coefficient (Wildman–Crippen LogP) is 3.89. The molecular weight excluding hydrogens is 325 g/mol. The van der Waals surface area contributed by atoms with Crippen LogP contribution in [-0.2, 0) is 0 Å². The van der Waals surface area contributed by atoms with Crippen LogP contribution in [0.1, 0.15) is 22.8 Å². The Hall–Kier alpha value is -3.15. The molecule has 128 valence electrons. The molecule has 0 atom stereocenters. The van der Waals surface area contributed by atoms with E-state index in [1.54, 1.807) is 31.2 Å². The van der Waals surface area contributed by atoms with E-state index in [1.165, 1.54) is 12.1 Å². The molecule has 25 heavy (non-hydrogen) atoms. The molecule has 0 unspecified atom stereocenters. The summed E-state index contributed by atoms with van der Waals surface area (Å²) in [4.78, 5) is 24.4. The van der Waals surface area contributed by atoms with Gasteiger partial charge in [-0.3, -0.25) is 4.79 Å². The van der Waals surface area contributed by atoms with Gasteiger partial charge in [0.25, 0.3) is 5.91 Å². The third kappa shape index (κ3) is 3.52. The molecule has 3 rings (SSSR count). The number of carbonyl (C=O) groups excluding carboxylic acids is 1. The summed E-state index contributed by atoms with van der Waals surface area (Å²) < 4.78 is 23.9. The summed E-state index contributed by atoms with van der Waals surface area (Å²) in [5.41, 5.74) is 0.803. The summed E-state index contributed by atoms with van der Waals surface area (Å²) >= 11 is 0. The number of anilines is 1. The van der Waals surface area contributed by atoms with E-state index >= 15 is 0 Å². The van der Waals surface area contributed by atoms with Crippen LogP contribution in [-0.4, -0.2) is 12.5 Å². The van der Waals surface area contributed by atoms with Crippen LogP contribution in [0, 0.1) is 12.7 Å². The van der Waals surface area contributed by atoms with Crippen molar-refractivity contribution in [3.8, 4) is 5.75 Å². The Morgan fingerprint density at radius 1 is 1.20 bits per heavy atom. The standard InChI is InChI=1S/C19H16FNO4/c1-3-24-13-6-7-14-15(10-18(22)25-17(14)9-13)19(23)21-16-8-12(20)5-4-11(16)2/h4-10H,3H2,1-2H3,(H,21,23). The summed E-state index contributed by atoms with van der Waals surface area (Å²) in [6.07, 6.45) is 0. The van der Waals surface area contributed by atoms with Crippen LogP contribution in [0.25, 0.3) is 11.0 Å². The Kier molecular flexibility index (Phi) is 4.52. The Bertz CT molecular complexity index is 1010. The maximum Gasteiger partial charge on any atom is 0.337 e. The Morgan fingerprint density at radius 3 is 2.76 bits per heavy atom. The quantitative estimate of drug-likeness (QED) is 0.731. The van der Waals surface area contributed by atoms with Gasteiger partial charge in [0.2, 0.25) is 0 Å². The third-order valence-electron chi connectivity index (χ3n) is 3.72. The van der Waals surface area contributed by atoms with E-state index in [2.05, 4.69) is 5.32 Å². The molecular formula is C19H16FNO4. The Morgan fingerprint density at radius 2 is 2.00 bits per heavy atom. The number of nitrogens with one attached hydrogen (secondary N) is 1. The van der Waals surface area contributed by atoms with Gasteiger partial charge in [0, 0.05) is 23.2 Å². The van der Waals surface area contributed by atoms with Crippen molar-refractivity contribution in [2.45, 2.75) is 13.8 Å². The first-order valence-electron chi connectivity index (χ1n) is 7.76. The number of hydrogen-bond donors (Lipinski definition) is 1. The number of benzene rings is 2. The second kappa shape index (κ2) is 6.76. The normalized spacial score (nSPS) is 10.7. The number of amides is 1. The average molecular weight is 341 g/mol. The van der Waals surface area contributed by atoms with Crippen LogP contribution in [0.3, 0.4) is 0 Å². The molecule has 0 spiro atoms. The number of halogens is 1. The van der Waals surface area contributed by atoms with E-state index in [4.69, 9.17) is 9.15 Å². The second-order valence-electron chi connectivity index (χ2n) is 5.48. The molecule has 6 heteroatoms. The highest BCUT2D eigenvalue weighted by molar-refractivity contribution is 6.12. The Balaban J connectivity index is 2.03. The highest BCUT2D eigenvalue weighted by atomic mass is 19.1. The minimum Gasteiger partial charge on any atom is -0.494 e. The molecule has 1 aromatic heterocycles. The van der Waals surface area contributed by atoms with Gasteiger partial charge in [0.15, 0.2) is 0 Å². The smallest absolute Gasteiger partial charge is 0.337 e. The summed E-state index contributed by atoms with van der Waals surface area (Å²) in [5.74, 6) is -0.438. The fourth-order valence-electron chi connectivity index (χ4n) is 2.51. The summed E-state index contributed by atoms with van der Waals surface area (Å²) in [6.45, 7) is 4.06. The van der Waals surface area contributed by atoms with Gasteiger partial charge in [-0.05, 0) is 43.7 Å².